The van der Waals surface area contributed by atoms with Crippen LogP contribution in [0, 0.1) is 5.92 Å². The first kappa shape index (κ1) is 29.3. The summed E-state index contributed by atoms with van der Waals surface area (Å²) in [6, 6.07) is 58.7. The van der Waals surface area contributed by atoms with Crippen LogP contribution >= 0.6 is 0 Å². The molecule has 1 aliphatic carbocycles. The summed E-state index contributed by atoms with van der Waals surface area (Å²) in [5, 5.41) is 15.4. The maximum atomic E-state index is 2.51. The van der Waals surface area contributed by atoms with Gasteiger partial charge in [0.2, 0.25) is 0 Å². The van der Waals surface area contributed by atoms with Crippen molar-refractivity contribution in [1.82, 2.24) is 4.57 Å². The van der Waals surface area contributed by atoms with Crippen molar-refractivity contribution in [2.75, 3.05) is 0 Å². The molecule has 9 aromatic carbocycles. The molecule has 1 nitrogen and oxygen atoms in total. The van der Waals surface area contributed by atoms with Gasteiger partial charge in [0, 0.05) is 27.2 Å². The van der Waals surface area contributed by atoms with Crippen LogP contribution in [0.2, 0.25) is 0 Å². The average Bonchev–Trinajstić information content (AvgIpc) is 3.55. The number of aromatic nitrogens is 1. The first-order chi connectivity index (χ1) is 25.7. The van der Waals surface area contributed by atoms with Gasteiger partial charge in [-0.3, -0.25) is 0 Å². The Bertz CT molecular complexity index is 3170. The van der Waals surface area contributed by atoms with Gasteiger partial charge in [-0.2, -0.15) is 0 Å². The minimum absolute atomic E-state index is 0.527. The van der Waals surface area contributed by atoms with Gasteiger partial charge in [0.05, 0.1) is 11.0 Å². The van der Waals surface area contributed by atoms with Gasteiger partial charge < -0.3 is 4.57 Å². The van der Waals surface area contributed by atoms with E-state index in [2.05, 4.69) is 187 Å². The van der Waals surface area contributed by atoms with Crippen molar-refractivity contribution in [1.29, 1.82) is 0 Å². The molecule has 0 saturated carbocycles. The molecular formula is C51H35N. The Morgan fingerprint density at radius 3 is 1.90 bits per heavy atom. The predicted octanol–water partition coefficient (Wildman–Crippen LogP) is 14.2. The Labute approximate surface area is 302 Å². The molecule has 0 amide bonds. The Morgan fingerprint density at radius 1 is 0.481 bits per heavy atom. The zero-order valence-corrected chi connectivity index (χ0v) is 29.0. The van der Waals surface area contributed by atoms with E-state index in [4.69, 9.17) is 0 Å². The molecule has 1 heterocycles. The molecule has 11 rings (SSSR count). The molecule has 10 aromatic rings. The second-order valence-corrected chi connectivity index (χ2v) is 14.6. The van der Waals surface area contributed by atoms with E-state index in [1.165, 1.54) is 104 Å². The van der Waals surface area contributed by atoms with Gasteiger partial charge in [-0.1, -0.05) is 146 Å². The van der Waals surface area contributed by atoms with Crippen molar-refractivity contribution in [3.8, 4) is 16.8 Å². The number of benzene rings is 9. The summed E-state index contributed by atoms with van der Waals surface area (Å²) in [4.78, 5) is 0. The molecule has 0 radical (unpaired) electrons. The van der Waals surface area contributed by atoms with Gasteiger partial charge in [0.15, 0.2) is 0 Å². The fraction of sp³-hybridized carbons (Fsp3) is 0.0588. The molecule has 0 fully saturated rings. The molecule has 0 saturated heterocycles. The first-order valence-corrected chi connectivity index (χ1v) is 18.4. The molecule has 0 aliphatic heterocycles. The van der Waals surface area contributed by atoms with Crippen molar-refractivity contribution in [3.63, 3.8) is 0 Å². The molecule has 244 valence electrons. The van der Waals surface area contributed by atoms with Crippen LogP contribution in [0.25, 0.3) is 98.1 Å². The lowest BCUT2D eigenvalue weighted by Crippen LogP contribution is -1.97. The van der Waals surface area contributed by atoms with Gasteiger partial charge in [-0.05, 0) is 114 Å². The Kier molecular flexibility index (Phi) is 6.36. The summed E-state index contributed by atoms with van der Waals surface area (Å²) in [6.07, 6.45) is 8.20. The quantitative estimate of drug-likeness (QED) is 0.166. The maximum absolute atomic E-state index is 2.51. The maximum Gasteiger partial charge on any atom is 0.0626 e. The zero-order valence-electron chi connectivity index (χ0n) is 29.0. The Hall–Kier alpha value is -6.44. The number of fused-ring (bicyclic) bond motifs is 12. The normalized spacial score (nSPS) is 14.8. The van der Waals surface area contributed by atoms with Crippen LogP contribution in [0.5, 0.6) is 0 Å². The summed E-state index contributed by atoms with van der Waals surface area (Å²) in [5.74, 6) is 0.527. The van der Waals surface area contributed by atoms with Gasteiger partial charge in [0.25, 0.3) is 0 Å². The fourth-order valence-electron chi connectivity index (χ4n) is 8.98. The van der Waals surface area contributed by atoms with Crippen LogP contribution in [0.1, 0.15) is 18.9 Å². The van der Waals surface area contributed by atoms with E-state index < -0.39 is 0 Å². The lowest BCUT2D eigenvalue weighted by molar-refractivity contribution is 0.740. The van der Waals surface area contributed by atoms with E-state index >= 15 is 0 Å². The van der Waals surface area contributed by atoms with Crippen molar-refractivity contribution in [2.24, 2.45) is 5.92 Å². The third kappa shape index (κ3) is 4.36. The first-order valence-electron chi connectivity index (χ1n) is 18.4. The standard InChI is InChI=1S/C51H35N/c1-32-11-10-14-39(27-32)46-31-47-42-16-5-7-18-44(42)51-50(49(47)43-17-6-4-15-41(43)46)45-19-8-9-20-48(45)52(51)40-26-25-37-29-36(23-24-38(37)30-40)35-22-21-33-12-2-3-13-34(33)28-35/h2-10,12-32H,11H2,1H3. The number of rotatable bonds is 3. The highest BCUT2D eigenvalue weighted by Crippen LogP contribution is 2.47. The highest BCUT2D eigenvalue weighted by molar-refractivity contribution is 6.37. The Morgan fingerprint density at radius 2 is 1.10 bits per heavy atom. The number of hydrogen-bond donors (Lipinski definition) is 0. The monoisotopic (exact) mass is 661 g/mol. The number of para-hydroxylation sites is 1. The number of hydrogen-bond acceptors (Lipinski definition) is 0. The Balaban J connectivity index is 1.19. The summed E-state index contributed by atoms with van der Waals surface area (Å²) in [6.45, 7) is 2.32. The van der Waals surface area contributed by atoms with Crippen molar-refractivity contribution in [3.05, 3.63) is 182 Å². The third-order valence-corrected chi connectivity index (χ3v) is 11.4. The van der Waals surface area contributed by atoms with Crippen LogP contribution in [-0.2, 0) is 0 Å². The van der Waals surface area contributed by atoms with Crippen LogP contribution in [0.3, 0.4) is 0 Å². The predicted molar refractivity (Wildman–Crippen MR) is 225 cm³/mol. The van der Waals surface area contributed by atoms with Crippen LogP contribution in [0.4, 0.5) is 0 Å². The van der Waals surface area contributed by atoms with Gasteiger partial charge >= 0.3 is 0 Å². The summed E-state index contributed by atoms with van der Waals surface area (Å²) >= 11 is 0. The van der Waals surface area contributed by atoms with E-state index in [0.29, 0.717) is 5.92 Å². The molecular weight excluding hydrogens is 627 g/mol. The summed E-state index contributed by atoms with van der Waals surface area (Å²) in [5.41, 5.74) is 8.78. The second kappa shape index (κ2) is 11.3. The van der Waals surface area contributed by atoms with Gasteiger partial charge in [-0.15, -0.1) is 0 Å². The number of allylic oxidation sites excluding steroid dienone is 4. The largest absolute Gasteiger partial charge is 0.309 e. The SMILES string of the molecule is CC1C=C(c2cc3c4ccccc4c4c(c5ccccc5n4-c4ccc5cc(-c6ccc7ccccc7c6)ccc5c4)c3c3ccccc23)C=CC1. The molecule has 0 bridgehead atoms. The second-order valence-electron chi connectivity index (χ2n) is 14.6. The molecule has 1 unspecified atom stereocenters. The van der Waals surface area contributed by atoms with Crippen LogP contribution < -0.4 is 0 Å². The van der Waals surface area contributed by atoms with Crippen molar-refractivity contribution < 1.29 is 0 Å². The minimum Gasteiger partial charge on any atom is -0.309 e. The van der Waals surface area contributed by atoms with Crippen molar-refractivity contribution >= 4 is 81.2 Å². The average molecular weight is 662 g/mol. The van der Waals surface area contributed by atoms with E-state index in [1.807, 2.05) is 0 Å². The van der Waals surface area contributed by atoms with Crippen molar-refractivity contribution in [2.45, 2.75) is 13.3 Å². The molecule has 1 aliphatic rings. The molecule has 1 aromatic heterocycles. The van der Waals surface area contributed by atoms with Gasteiger partial charge in [0.1, 0.15) is 0 Å². The minimum atomic E-state index is 0.527. The molecule has 0 N–H and O–H groups in total. The smallest absolute Gasteiger partial charge is 0.0626 e. The third-order valence-electron chi connectivity index (χ3n) is 11.4. The fourth-order valence-corrected chi connectivity index (χ4v) is 8.98. The molecule has 0 spiro atoms. The molecule has 1 heteroatoms. The lowest BCUT2D eigenvalue weighted by Gasteiger charge is -2.18. The summed E-state index contributed by atoms with van der Waals surface area (Å²) in [7, 11) is 0. The summed E-state index contributed by atoms with van der Waals surface area (Å²) < 4.78 is 2.51. The molecule has 1 atom stereocenters. The van der Waals surface area contributed by atoms with E-state index in [1.54, 1.807) is 0 Å². The van der Waals surface area contributed by atoms with E-state index in [-0.39, 0.29) is 0 Å². The van der Waals surface area contributed by atoms with Crippen LogP contribution in [-0.4, -0.2) is 4.57 Å². The molecule has 52 heavy (non-hydrogen) atoms. The topological polar surface area (TPSA) is 4.93 Å². The number of nitrogens with zero attached hydrogens (tertiary/aromatic N) is 1. The highest BCUT2D eigenvalue weighted by atomic mass is 15.0. The zero-order chi connectivity index (χ0) is 34.3. The van der Waals surface area contributed by atoms with E-state index in [9.17, 15) is 0 Å². The van der Waals surface area contributed by atoms with E-state index in [0.717, 1.165) is 6.42 Å². The lowest BCUT2D eigenvalue weighted by atomic mass is 9.86. The van der Waals surface area contributed by atoms with Crippen LogP contribution in [0.15, 0.2) is 176 Å². The highest BCUT2D eigenvalue weighted by Gasteiger charge is 2.22. The van der Waals surface area contributed by atoms with Gasteiger partial charge in [-0.25, -0.2) is 0 Å².